The molecule has 0 bridgehead atoms. The van der Waals surface area contributed by atoms with Crippen LogP contribution in [0.2, 0.25) is 0 Å². The SMILES string of the molecule is NC(=O)CN1CCCN(C(=O)c2n[nH]c(C3CC3)n2)CC1. The van der Waals surface area contributed by atoms with E-state index in [0.29, 0.717) is 25.6 Å². The number of H-pyrrole nitrogens is 1. The van der Waals surface area contributed by atoms with Crippen LogP contribution in [0.1, 0.15) is 41.6 Å². The minimum Gasteiger partial charge on any atom is -0.369 e. The molecule has 1 saturated carbocycles. The number of hydrogen-bond donors (Lipinski definition) is 2. The maximum absolute atomic E-state index is 12.4. The maximum Gasteiger partial charge on any atom is 0.293 e. The molecular formula is C13H20N6O2. The van der Waals surface area contributed by atoms with E-state index in [-0.39, 0.29) is 24.2 Å². The normalized spacial score (nSPS) is 20.3. The van der Waals surface area contributed by atoms with Crippen molar-refractivity contribution in [3.63, 3.8) is 0 Å². The lowest BCUT2D eigenvalue weighted by Crippen LogP contribution is -2.38. The van der Waals surface area contributed by atoms with Gasteiger partial charge in [-0.2, -0.15) is 0 Å². The molecular weight excluding hydrogens is 272 g/mol. The molecule has 8 nitrogen and oxygen atoms in total. The van der Waals surface area contributed by atoms with Gasteiger partial charge in [0, 0.05) is 32.1 Å². The summed E-state index contributed by atoms with van der Waals surface area (Å²) in [5, 5.41) is 6.89. The maximum atomic E-state index is 12.4. The fraction of sp³-hybridized carbons (Fsp3) is 0.692. The highest BCUT2D eigenvalue weighted by Crippen LogP contribution is 2.37. The molecule has 0 unspecified atom stereocenters. The first-order chi connectivity index (χ1) is 10.1. The van der Waals surface area contributed by atoms with Crippen molar-refractivity contribution in [2.24, 2.45) is 5.73 Å². The first-order valence-electron chi connectivity index (χ1n) is 7.35. The molecule has 2 amide bonds. The van der Waals surface area contributed by atoms with Gasteiger partial charge in [0.15, 0.2) is 0 Å². The van der Waals surface area contributed by atoms with Gasteiger partial charge in [-0.05, 0) is 19.3 Å². The molecule has 1 aliphatic heterocycles. The summed E-state index contributed by atoms with van der Waals surface area (Å²) >= 11 is 0. The van der Waals surface area contributed by atoms with E-state index < -0.39 is 0 Å². The highest BCUT2D eigenvalue weighted by molar-refractivity contribution is 5.90. The second-order valence-corrected chi connectivity index (χ2v) is 5.71. The van der Waals surface area contributed by atoms with E-state index in [1.807, 2.05) is 4.90 Å². The average molecular weight is 292 g/mol. The van der Waals surface area contributed by atoms with Crippen LogP contribution in [0.4, 0.5) is 0 Å². The molecule has 114 valence electrons. The van der Waals surface area contributed by atoms with Crippen molar-refractivity contribution < 1.29 is 9.59 Å². The van der Waals surface area contributed by atoms with Crippen molar-refractivity contribution in [3.8, 4) is 0 Å². The van der Waals surface area contributed by atoms with Gasteiger partial charge >= 0.3 is 0 Å². The first kappa shape index (κ1) is 14.0. The van der Waals surface area contributed by atoms with Crippen LogP contribution in [-0.2, 0) is 4.79 Å². The van der Waals surface area contributed by atoms with Crippen LogP contribution in [0.5, 0.6) is 0 Å². The number of carbonyl (C=O) groups is 2. The lowest BCUT2D eigenvalue weighted by Gasteiger charge is -2.19. The number of carbonyl (C=O) groups excluding carboxylic acids is 2. The predicted octanol–water partition coefficient (Wildman–Crippen LogP) is -0.685. The number of hydrogen-bond acceptors (Lipinski definition) is 5. The third-order valence-electron chi connectivity index (χ3n) is 3.91. The Morgan fingerprint density at radius 2 is 2.05 bits per heavy atom. The third kappa shape index (κ3) is 3.38. The monoisotopic (exact) mass is 292 g/mol. The van der Waals surface area contributed by atoms with Crippen LogP contribution in [-0.4, -0.2) is 69.5 Å². The van der Waals surface area contributed by atoms with Gasteiger partial charge in [0.25, 0.3) is 5.91 Å². The van der Waals surface area contributed by atoms with E-state index in [1.54, 1.807) is 4.90 Å². The minimum atomic E-state index is -0.335. The fourth-order valence-corrected chi connectivity index (χ4v) is 2.60. The molecule has 8 heteroatoms. The van der Waals surface area contributed by atoms with E-state index in [0.717, 1.165) is 31.6 Å². The fourth-order valence-electron chi connectivity index (χ4n) is 2.60. The number of nitrogens with one attached hydrogen (secondary N) is 1. The van der Waals surface area contributed by atoms with Crippen LogP contribution in [0.15, 0.2) is 0 Å². The Kier molecular flexibility index (Phi) is 3.87. The van der Waals surface area contributed by atoms with Crippen molar-refractivity contribution in [1.29, 1.82) is 0 Å². The second-order valence-electron chi connectivity index (χ2n) is 5.71. The van der Waals surface area contributed by atoms with Crippen molar-refractivity contribution in [3.05, 3.63) is 11.6 Å². The molecule has 1 aliphatic carbocycles. The van der Waals surface area contributed by atoms with Crippen LogP contribution >= 0.6 is 0 Å². The zero-order valence-corrected chi connectivity index (χ0v) is 11.9. The molecule has 1 aromatic heterocycles. The Morgan fingerprint density at radius 3 is 2.76 bits per heavy atom. The Morgan fingerprint density at radius 1 is 1.24 bits per heavy atom. The number of amides is 2. The molecule has 3 rings (SSSR count). The average Bonchev–Trinajstić information content (AvgIpc) is 3.22. The zero-order chi connectivity index (χ0) is 14.8. The lowest BCUT2D eigenvalue weighted by molar-refractivity contribution is -0.119. The molecule has 0 atom stereocenters. The van der Waals surface area contributed by atoms with Crippen LogP contribution in [0, 0.1) is 0 Å². The predicted molar refractivity (Wildman–Crippen MR) is 74.5 cm³/mol. The van der Waals surface area contributed by atoms with Gasteiger partial charge in [-0.15, -0.1) is 5.10 Å². The zero-order valence-electron chi connectivity index (χ0n) is 11.9. The van der Waals surface area contributed by atoms with Crippen molar-refractivity contribution in [2.75, 3.05) is 32.7 Å². The van der Waals surface area contributed by atoms with Gasteiger partial charge in [-0.1, -0.05) is 0 Å². The number of primary amides is 1. The second kappa shape index (κ2) is 5.80. The molecule has 0 radical (unpaired) electrons. The molecule has 0 aromatic carbocycles. The molecule has 21 heavy (non-hydrogen) atoms. The van der Waals surface area contributed by atoms with E-state index in [1.165, 1.54) is 0 Å². The van der Waals surface area contributed by atoms with Gasteiger partial charge in [0.2, 0.25) is 11.7 Å². The highest BCUT2D eigenvalue weighted by Gasteiger charge is 2.29. The standard InChI is InChI=1S/C13H20N6O2/c14-10(20)8-18-4-1-5-19(7-6-18)13(21)12-15-11(16-17-12)9-2-3-9/h9H,1-8H2,(H2,14,20)(H,15,16,17). The molecule has 2 fully saturated rings. The van der Waals surface area contributed by atoms with E-state index in [4.69, 9.17) is 5.73 Å². The van der Waals surface area contributed by atoms with Gasteiger partial charge in [0.05, 0.1) is 6.54 Å². The Labute approximate surface area is 122 Å². The summed E-state index contributed by atoms with van der Waals surface area (Å²) in [5.41, 5.74) is 5.21. The van der Waals surface area contributed by atoms with Crippen molar-refractivity contribution in [1.82, 2.24) is 25.0 Å². The molecule has 3 N–H and O–H groups in total. The van der Waals surface area contributed by atoms with Crippen LogP contribution in [0.3, 0.4) is 0 Å². The summed E-state index contributed by atoms with van der Waals surface area (Å²) in [7, 11) is 0. The minimum absolute atomic E-state index is 0.140. The Balaban J connectivity index is 1.60. The Hall–Kier alpha value is -1.96. The molecule has 2 heterocycles. The highest BCUT2D eigenvalue weighted by atomic mass is 16.2. The van der Waals surface area contributed by atoms with Gasteiger partial charge in [-0.25, -0.2) is 4.98 Å². The van der Waals surface area contributed by atoms with Crippen molar-refractivity contribution in [2.45, 2.75) is 25.2 Å². The van der Waals surface area contributed by atoms with Gasteiger partial charge in [-0.3, -0.25) is 19.6 Å². The largest absolute Gasteiger partial charge is 0.369 e. The van der Waals surface area contributed by atoms with Gasteiger partial charge in [0.1, 0.15) is 5.82 Å². The summed E-state index contributed by atoms with van der Waals surface area (Å²) in [4.78, 5) is 31.4. The van der Waals surface area contributed by atoms with Gasteiger partial charge < -0.3 is 10.6 Å². The first-order valence-corrected chi connectivity index (χ1v) is 7.35. The van der Waals surface area contributed by atoms with Crippen LogP contribution < -0.4 is 5.73 Å². The summed E-state index contributed by atoms with van der Waals surface area (Å²) in [5.74, 6) is 1.05. The summed E-state index contributed by atoms with van der Waals surface area (Å²) in [6.07, 6.45) is 3.06. The smallest absolute Gasteiger partial charge is 0.293 e. The lowest BCUT2D eigenvalue weighted by atomic mass is 10.3. The van der Waals surface area contributed by atoms with E-state index >= 15 is 0 Å². The number of rotatable bonds is 4. The molecule has 1 aromatic rings. The quantitative estimate of drug-likeness (QED) is 0.764. The van der Waals surface area contributed by atoms with E-state index in [2.05, 4.69) is 15.2 Å². The molecule has 1 saturated heterocycles. The summed E-state index contributed by atoms with van der Waals surface area (Å²) < 4.78 is 0. The number of aromatic nitrogens is 3. The number of nitrogens with zero attached hydrogens (tertiary/aromatic N) is 4. The Bertz CT molecular complexity index is 539. The third-order valence-corrected chi connectivity index (χ3v) is 3.91. The van der Waals surface area contributed by atoms with Crippen molar-refractivity contribution >= 4 is 11.8 Å². The summed E-state index contributed by atoms with van der Waals surface area (Å²) in [6, 6.07) is 0. The summed E-state index contributed by atoms with van der Waals surface area (Å²) in [6.45, 7) is 2.89. The van der Waals surface area contributed by atoms with Crippen LogP contribution in [0.25, 0.3) is 0 Å². The molecule has 0 spiro atoms. The number of aromatic amines is 1. The topological polar surface area (TPSA) is 108 Å². The molecule has 2 aliphatic rings. The number of nitrogens with two attached hydrogens (primary N) is 1. The van der Waals surface area contributed by atoms with E-state index in [9.17, 15) is 9.59 Å².